The fourth-order valence-corrected chi connectivity index (χ4v) is 4.95. The summed E-state index contributed by atoms with van der Waals surface area (Å²) in [7, 11) is -3.16. The molecule has 0 fully saturated rings. The molecule has 13 heteroatoms. The molecule has 1 amide bonds. The van der Waals surface area contributed by atoms with E-state index in [1.807, 2.05) is 0 Å². The van der Waals surface area contributed by atoms with E-state index in [2.05, 4.69) is 15.5 Å². The van der Waals surface area contributed by atoms with Gasteiger partial charge in [0.2, 0.25) is 0 Å². The van der Waals surface area contributed by atoms with Crippen LogP contribution in [0.3, 0.4) is 0 Å². The number of amides is 1. The van der Waals surface area contributed by atoms with Gasteiger partial charge in [0.15, 0.2) is 0 Å². The summed E-state index contributed by atoms with van der Waals surface area (Å²) in [5.41, 5.74) is 0.389. The van der Waals surface area contributed by atoms with Crippen LogP contribution in [0.4, 0.5) is 17.1 Å². The first kappa shape index (κ1) is 29.9. The van der Waals surface area contributed by atoms with Crippen molar-refractivity contribution in [3.8, 4) is 11.5 Å². The number of methoxy groups -OCH3 is 1. The molecule has 0 saturated carbocycles. The fraction of sp³-hybridized carbons (Fsp3) is 0.0800. The number of carbonyl (C=O) groups excluding carboxylic acids is 1. The van der Waals surface area contributed by atoms with Crippen LogP contribution < -0.4 is 44.7 Å². The molecular weight excluding hydrogens is 564 g/mol. The van der Waals surface area contributed by atoms with Gasteiger partial charge >= 0.3 is 29.6 Å². The van der Waals surface area contributed by atoms with Gasteiger partial charge in [0.05, 0.1) is 22.8 Å². The van der Waals surface area contributed by atoms with Crippen LogP contribution in [-0.4, -0.2) is 26.0 Å². The molecule has 9 nitrogen and oxygen atoms in total. The number of carbonyl (C=O) groups is 1. The number of nitrogens with zero attached hydrogens (tertiary/aromatic N) is 2. The van der Waals surface area contributed by atoms with Gasteiger partial charge in [0, 0.05) is 16.6 Å². The van der Waals surface area contributed by atoms with Crippen LogP contribution in [0.15, 0.2) is 75.8 Å². The zero-order chi connectivity index (χ0) is 26.9. The topological polar surface area (TPSA) is 140 Å². The van der Waals surface area contributed by atoms with Crippen LogP contribution in [0.1, 0.15) is 15.9 Å². The minimum atomic E-state index is -4.62. The molecule has 0 aliphatic rings. The molecule has 0 aliphatic carbocycles. The molecule has 0 heterocycles. The molecule has 38 heavy (non-hydrogen) atoms. The number of hydrogen-bond donors (Lipinski definition) is 2. The molecule has 0 spiro atoms. The summed E-state index contributed by atoms with van der Waals surface area (Å²) in [4.78, 5) is 12.5. The summed E-state index contributed by atoms with van der Waals surface area (Å²) in [6.45, 7) is 1.61. The van der Waals surface area contributed by atoms with Crippen molar-refractivity contribution in [2.75, 3.05) is 12.4 Å². The Morgan fingerprint density at radius 1 is 1.03 bits per heavy atom. The number of halogens is 2. The Hall–Kier alpha value is -2.70. The standard InChI is InChI=1S/C25H19Cl2N3O6S.Na/c1-13-7-10-20(37(33,34)35)21(27)22(13)29-30-23-16-6-4-3-5-14(16)11-17(24(23)31)25(32)28-15-8-9-19(36-2)18(26)12-15;/h3-12,31H,1-2H3,(H,28,32)(H,33,34,35);/q;+1/p-1. The molecule has 0 aromatic heterocycles. The molecular formula is C25H18Cl2N3NaO6S. The van der Waals surface area contributed by atoms with Crippen molar-refractivity contribution in [1.82, 2.24) is 0 Å². The Bertz CT molecular complexity index is 1700. The van der Waals surface area contributed by atoms with Crippen molar-refractivity contribution in [2.24, 2.45) is 10.2 Å². The van der Waals surface area contributed by atoms with E-state index in [1.54, 1.807) is 43.3 Å². The number of hydrogen-bond acceptors (Lipinski definition) is 7. The first-order valence-corrected chi connectivity index (χ1v) is 12.8. The predicted molar refractivity (Wildman–Crippen MR) is 140 cm³/mol. The zero-order valence-corrected chi connectivity index (χ0v) is 24.6. The molecule has 0 unspecified atom stereocenters. The molecule has 190 valence electrons. The molecule has 0 atom stereocenters. The molecule has 0 radical (unpaired) electrons. The van der Waals surface area contributed by atoms with Crippen molar-refractivity contribution < 1.29 is 57.2 Å². The molecule has 2 N–H and O–H groups in total. The van der Waals surface area contributed by atoms with E-state index >= 15 is 0 Å². The predicted octanol–water partition coefficient (Wildman–Crippen LogP) is 3.46. The van der Waals surface area contributed by atoms with Gasteiger partial charge in [-0.3, -0.25) is 9.35 Å². The molecule has 4 aromatic rings. The Balaban J connectivity index is 0.00000400. The van der Waals surface area contributed by atoms with Crippen molar-refractivity contribution in [3.05, 3.63) is 81.8 Å². The second-order valence-electron chi connectivity index (χ2n) is 7.84. The summed E-state index contributed by atoms with van der Waals surface area (Å²) in [5, 5.41) is 25.0. The van der Waals surface area contributed by atoms with Crippen molar-refractivity contribution in [1.29, 1.82) is 0 Å². The number of fused-ring (bicyclic) bond motifs is 1. The Morgan fingerprint density at radius 2 is 1.71 bits per heavy atom. The van der Waals surface area contributed by atoms with E-state index in [1.165, 1.54) is 25.3 Å². The Labute approximate surface area is 250 Å². The third-order valence-corrected chi connectivity index (χ3v) is 7.13. The van der Waals surface area contributed by atoms with Gasteiger partial charge in [-0.25, -0.2) is 0 Å². The number of benzene rings is 4. The van der Waals surface area contributed by atoms with E-state index < -0.39 is 26.7 Å². The summed E-state index contributed by atoms with van der Waals surface area (Å²) in [5.74, 6) is -0.986. The average molecular weight is 582 g/mol. The van der Waals surface area contributed by atoms with E-state index in [0.717, 1.165) is 6.07 Å². The summed E-state index contributed by atoms with van der Waals surface area (Å²) in [6, 6.07) is 15.4. The number of aryl methyl sites for hydroxylation is 1. The molecule has 0 saturated heterocycles. The van der Waals surface area contributed by atoms with E-state index in [9.17, 15) is 22.9 Å². The van der Waals surface area contributed by atoms with Crippen molar-refractivity contribution in [2.45, 2.75) is 11.8 Å². The minimum absolute atomic E-state index is 0. The van der Waals surface area contributed by atoms with Crippen molar-refractivity contribution >= 4 is 67.1 Å². The van der Waals surface area contributed by atoms with Crippen LogP contribution in [0, 0.1) is 6.92 Å². The third-order valence-electron chi connectivity index (χ3n) is 5.44. The van der Waals surface area contributed by atoms with Crippen LogP contribution in [-0.2, 0) is 10.1 Å². The molecule has 4 aromatic carbocycles. The fourth-order valence-electron chi connectivity index (χ4n) is 3.58. The number of ether oxygens (including phenoxy) is 1. The summed E-state index contributed by atoms with van der Waals surface area (Å²) in [6.07, 6.45) is 0. The number of nitrogens with one attached hydrogen (secondary N) is 1. The Morgan fingerprint density at radius 3 is 2.37 bits per heavy atom. The van der Waals surface area contributed by atoms with Crippen LogP contribution in [0.5, 0.6) is 11.5 Å². The third kappa shape index (κ3) is 6.13. The quantitative estimate of drug-likeness (QED) is 0.203. The maximum Gasteiger partial charge on any atom is 1.00 e. The molecule has 0 aliphatic heterocycles. The summed E-state index contributed by atoms with van der Waals surface area (Å²) < 4.78 is 37.8. The first-order valence-electron chi connectivity index (χ1n) is 10.6. The van der Waals surface area contributed by atoms with Crippen LogP contribution in [0.25, 0.3) is 10.8 Å². The average Bonchev–Trinajstić information content (AvgIpc) is 2.84. The maximum atomic E-state index is 13.4. The second kappa shape index (κ2) is 12.0. The number of rotatable bonds is 6. The Kier molecular flexibility index (Phi) is 9.43. The largest absolute Gasteiger partial charge is 1.00 e. The second-order valence-corrected chi connectivity index (χ2v) is 10.0. The molecule has 0 bridgehead atoms. The van der Waals surface area contributed by atoms with Crippen LogP contribution in [0.2, 0.25) is 10.0 Å². The SMILES string of the molecule is COc1ccc(NC(=O)c2cc3ccccc3c(N=Nc3c(C)ccc(S(=O)(=O)O)c3Cl)c2[O-])cc1Cl.[Na+]. The van der Waals surface area contributed by atoms with Gasteiger partial charge in [0.1, 0.15) is 16.3 Å². The van der Waals surface area contributed by atoms with Gasteiger partial charge in [-0.1, -0.05) is 59.3 Å². The summed E-state index contributed by atoms with van der Waals surface area (Å²) >= 11 is 12.3. The van der Waals surface area contributed by atoms with Gasteiger partial charge in [-0.2, -0.15) is 13.5 Å². The van der Waals surface area contributed by atoms with Gasteiger partial charge in [-0.15, -0.1) is 5.11 Å². The monoisotopic (exact) mass is 581 g/mol. The first-order chi connectivity index (χ1) is 17.5. The van der Waals surface area contributed by atoms with E-state index in [0.29, 0.717) is 27.8 Å². The number of anilines is 1. The minimum Gasteiger partial charge on any atom is -0.870 e. The molecule has 4 rings (SSSR count). The van der Waals surface area contributed by atoms with Crippen molar-refractivity contribution in [3.63, 3.8) is 0 Å². The smallest absolute Gasteiger partial charge is 0.870 e. The van der Waals surface area contributed by atoms with Gasteiger partial charge < -0.3 is 15.2 Å². The maximum absolute atomic E-state index is 13.4. The van der Waals surface area contributed by atoms with Gasteiger partial charge in [-0.05, 0) is 48.2 Å². The van der Waals surface area contributed by atoms with Gasteiger partial charge in [0.25, 0.3) is 16.0 Å². The number of azo groups is 1. The zero-order valence-electron chi connectivity index (χ0n) is 20.3. The van der Waals surface area contributed by atoms with E-state index in [-0.39, 0.29) is 56.5 Å². The van der Waals surface area contributed by atoms with E-state index in [4.69, 9.17) is 27.9 Å². The normalized spacial score (nSPS) is 11.4. The van der Waals surface area contributed by atoms with Crippen LogP contribution >= 0.6 is 23.2 Å².